The van der Waals surface area contributed by atoms with Crippen LogP contribution in [0.5, 0.6) is 0 Å². The number of benzene rings is 1. The smallest absolute Gasteiger partial charge is 0.0704 e. The first-order chi connectivity index (χ1) is 9.52. The van der Waals surface area contributed by atoms with E-state index in [9.17, 15) is 0 Å². The van der Waals surface area contributed by atoms with Crippen LogP contribution < -0.4 is 5.73 Å². The number of rotatable bonds is 2. The topological polar surface area (TPSA) is 38.9 Å². The lowest BCUT2D eigenvalue weighted by molar-refractivity contribution is 0.0993. The summed E-state index contributed by atoms with van der Waals surface area (Å²) in [4.78, 5) is 4.45. The van der Waals surface area contributed by atoms with Gasteiger partial charge in [0.15, 0.2) is 0 Å². The zero-order valence-corrected chi connectivity index (χ0v) is 12.5. The van der Waals surface area contributed by atoms with Gasteiger partial charge in [-0.15, -0.1) is 0 Å². The summed E-state index contributed by atoms with van der Waals surface area (Å²) in [6, 6.07) is 10.5. The Balaban J connectivity index is 2.00. The van der Waals surface area contributed by atoms with Crippen molar-refractivity contribution in [1.29, 1.82) is 0 Å². The highest BCUT2D eigenvalue weighted by Crippen LogP contribution is 2.44. The van der Waals surface area contributed by atoms with Gasteiger partial charge in [-0.1, -0.05) is 44.9 Å². The Morgan fingerprint density at radius 3 is 2.65 bits per heavy atom. The normalized spacial score (nSPS) is 25.8. The van der Waals surface area contributed by atoms with Crippen LogP contribution in [0.25, 0.3) is 10.9 Å². The molecule has 2 heteroatoms. The third-order valence-electron chi connectivity index (χ3n) is 5.27. The van der Waals surface area contributed by atoms with Gasteiger partial charge in [0.2, 0.25) is 0 Å². The van der Waals surface area contributed by atoms with Crippen LogP contribution in [-0.4, -0.2) is 10.5 Å². The Morgan fingerprint density at radius 2 is 1.85 bits per heavy atom. The predicted octanol–water partition coefficient (Wildman–Crippen LogP) is 4.08. The van der Waals surface area contributed by atoms with Crippen molar-refractivity contribution in [1.82, 2.24) is 4.98 Å². The van der Waals surface area contributed by atoms with Gasteiger partial charge in [0, 0.05) is 17.1 Å². The molecule has 0 amide bonds. The molecule has 1 aliphatic rings. The van der Waals surface area contributed by atoms with Gasteiger partial charge >= 0.3 is 0 Å². The van der Waals surface area contributed by atoms with E-state index in [0.29, 0.717) is 0 Å². The summed E-state index contributed by atoms with van der Waals surface area (Å²) in [7, 11) is 0. The van der Waals surface area contributed by atoms with Gasteiger partial charge in [-0.2, -0.15) is 0 Å². The van der Waals surface area contributed by atoms with Crippen LogP contribution in [0, 0.1) is 5.41 Å². The molecule has 2 nitrogen and oxygen atoms in total. The monoisotopic (exact) mass is 268 g/mol. The standard InChI is InChI=1S/C18H24N2/c1-17(2)10-5-6-11-18(17,19)13-14-9-12-20-16-8-4-3-7-15(14)16/h3-4,7-9,12H,5-6,10-11,13,19H2,1-2H3. The van der Waals surface area contributed by atoms with Crippen molar-refractivity contribution in [2.24, 2.45) is 11.1 Å². The Labute approximate surface area is 121 Å². The van der Waals surface area contributed by atoms with Crippen LogP contribution in [0.15, 0.2) is 36.5 Å². The van der Waals surface area contributed by atoms with Crippen molar-refractivity contribution >= 4 is 10.9 Å². The number of fused-ring (bicyclic) bond motifs is 1. The van der Waals surface area contributed by atoms with Gasteiger partial charge in [-0.3, -0.25) is 4.98 Å². The number of nitrogens with zero attached hydrogens (tertiary/aromatic N) is 1. The minimum Gasteiger partial charge on any atom is -0.324 e. The van der Waals surface area contributed by atoms with Crippen molar-refractivity contribution in [3.63, 3.8) is 0 Å². The maximum atomic E-state index is 6.84. The first-order valence-electron chi connectivity index (χ1n) is 7.63. The quantitative estimate of drug-likeness (QED) is 0.891. The van der Waals surface area contributed by atoms with E-state index in [-0.39, 0.29) is 11.0 Å². The van der Waals surface area contributed by atoms with Crippen molar-refractivity contribution < 1.29 is 0 Å². The van der Waals surface area contributed by atoms with E-state index in [1.54, 1.807) is 0 Å². The van der Waals surface area contributed by atoms with E-state index in [0.717, 1.165) is 18.4 Å². The molecule has 0 radical (unpaired) electrons. The van der Waals surface area contributed by atoms with Crippen LogP contribution >= 0.6 is 0 Å². The molecule has 0 spiro atoms. The Hall–Kier alpha value is -1.41. The van der Waals surface area contributed by atoms with Crippen molar-refractivity contribution in [2.75, 3.05) is 0 Å². The molecule has 1 atom stereocenters. The maximum Gasteiger partial charge on any atom is 0.0704 e. The molecule has 0 saturated heterocycles. The first-order valence-corrected chi connectivity index (χ1v) is 7.63. The molecule has 1 saturated carbocycles. The minimum absolute atomic E-state index is 0.102. The Kier molecular flexibility index (Phi) is 3.29. The summed E-state index contributed by atoms with van der Waals surface area (Å²) < 4.78 is 0. The van der Waals surface area contributed by atoms with Crippen molar-refractivity contribution in [3.8, 4) is 0 Å². The van der Waals surface area contributed by atoms with E-state index >= 15 is 0 Å². The van der Waals surface area contributed by atoms with Crippen LogP contribution in [-0.2, 0) is 6.42 Å². The first kappa shape index (κ1) is 13.6. The zero-order valence-electron chi connectivity index (χ0n) is 12.5. The number of pyridine rings is 1. The second-order valence-electron chi connectivity index (χ2n) is 6.91. The van der Waals surface area contributed by atoms with E-state index in [2.05, 4.69) is 43.1 Å². The second kappa shape index (κ2) is 4.85. The molecule has 1 aliphatic carbocycles. The van der Waals surface area contributed by atoms with E-state index in [1.807, 2.05) is 12.3 Å². The summed E-state index contributed by atoms with van der Waals surface area (Å²) in [5, 5.41) is 1.25. The molecule has 1 unspecified atom stereocenters. The fraction of sp³-hybridized carbons (Fsp3) is 0.500. The van der Waals surface area contributed by atoms with Crippen LogP contribution in [0.4, 0.5) is 0 Å². The van der Waals surface area contributed by atoms with Gasteiger partial charge < -0.3 is 5.73 Å². The van der Waals surface area contributed by atoms with Gasteiger partial charge in [0.25, 0.3) is 0 Å². The van der Waals surface area contributed by atoms with Gasteiger partial charge in [-0.05, 0) is 42.4 Å². The largest absolute Gasteiger partial charge is 0.324 e. The van der Waals surface area contributed by atoms with Gasteiger partial charge in [0.05, 0.1) is 5.52 Å². The highest BCUT2D eigenvalue weighted by atomic mass is 14.8. The SMILES string of the molecule is CC1(C)CCCCC1(N)Cc1ccnc2ccccc12. The molecule has 20 heavy (non-hydrogen) atoms. The van der Waals surface area contributed by atoms with Crippen molar-refractivity contribution in [3.05, 3.63) is 42.1 Å². The predicted molar refractivity (Wildman–Crippen MR) is 84.6 cm³/mol. The molecule has 106 valence electrons. The second-order valence-corrected chi connectivity index (χ2v) is 6.91. The van der Waals surface area contributed by atoms with Gasteiger partial charge in [0.1, 0.15) is 0 Å². The van der Waals surface area contributed by atoms with Crippen LogP contribution in [0.1, 0.15) is 45.1 Å². The van der Waals surface area contributed by atoms with Crippen LogP contribution in [0.3, 0.4) is 0 Å². The summed E-state index contributed by atoms with van der Waals surface area (Å²) in [6.07, 6.45) is 7.77. The average molecular weight is 268 g/mol. The molecule has 0 bridgehead atoms. The fourth-order valence-electron chi connectivity index (χ4n) is 3.57. The molecule has 1 heterocycles. The molecule has 1 aromatic heterocycles. The molecule has 1 fully saturated rings. The maximum absolute atomic E-state index is 6.84. The number of para-hydroxylation sites is 1. The highest BCUT2D eigenvalue weighted by molar-refractivity contribution is 5.81. The van der Waals surface area contributed by atoms with E-state index < -0.39 is 0 Å². The number of aromatic nitrogens is 1. The summed E-state index contributed by atoms with van der Waals surface area (Å²) in [5.41, 5.74) is 9.35. The third kappa shape index (κ3) is 2.22. The molecule has 3 rings (SSSR count). The van der Waals surface area contributed by atoms with E-state index in [4.69, 9.17) is 5.73 Å². The molecule has 0 aliphatic heterocycles. The van der Waals surface area contributed by atoms with Crippen molar-refractivity contribution in [2.45, 2.75) is 51.5 Å². The number of hydrogen-bond donors (Lipinski definition) is 1. The number of nitrogens with two attached hydrogens (primary N) is 1. The molecular weight excluding hydrogens is 244 g/mol. The third-order valence-corrected chi connectivity index (χ3v) is 5.27. The minimum atomic E-state index is -0.102. The Bertz CT molecular complexity index is 612. The lowest BCUT2D eigenvalue weighted by Crippen LogP contribution is -2.56. The molecule has 2 aromatic rings. The zero-order chi connectivity index (χ0) is 14.2. The highest BCUT2D eigenvalue weighted by Gasteiger charge is 2.43. The summed E-state index contributed by atoms with van der Waals surface area (Å²) in [6.45, 7) is 4.66. The lowest BCUT2D eigenvalue weighted by atomic mass is 9.61. The van der Waals surface area contributed by atoms with E-state index in [1.165, 1.54) is 30.2 Å². The van der Waals surface area contributed by atoms with Gasteiger partial charge in [-0.25, -0.2) is 0 Å². The van der Waals surface area contributed by atoms with Crippen LogP contribution in [0.2, 0.25) is 0 Å². The summed E-state index contributed by atoms with van der Waals surface area (Å²) in [5.74, 6) is 0. The molecule has 1 aromatic carbocycles. The molecule has 2 N–H and O–H groups in total. The fourth-order valence-corrected chi connectivity index (χ4v) is 3.57. The Morgan fingerprint density at radius 1 is 1.10 bits per heavy atom. The average Bonchev–Trinajstić information content (AvgIpc) is 2.43. The summed E-state index contributed by atoms with van der Waals surface area (Å²) >= 11 is 0. The lowest BCUT2D eigenvalue weighted by Gasteiger charge is -2.48. The number of hydrogen-bond acceptors (Lipinski definition) is 2. The molecular formula is C18H24N2.